The molecule has 1 aliphatic heterocycles. The molecule has 3 aliphatic rings. The molecule has 10 heteroatoms. The molecule has 1 N–H and O–H groups in total. The number of rotatable bonds is 6. The van der Waals surface area contributed by atoms with Crippen LogP contribution in [0.15, 0.2) is 22.7 Å². The van der Waals surface area contributed by atoms with E-state index in [-0.39, 0.29) is 58.1 Å². The van der Waals surface area contributed by atoms with Crippen molar-refractivity contribution in [1.29, 1.82) is 0 Å². The van der Waals surface area contributed by atoms with E-state index in [4.69, 9.17) is 4.74 Å². The van der Waals surface area contributed by atoms with Gasteiger partial charge >= 0.3 is 5.97 Å². The fourth-order valence-electron chi connectivity index (χ4n) is 5.01. The van der Waals surface area contributed by atoms with Crippen molar-refractivity contribution in [3.05, 3.63) is 28.2 Å². The van der Waals surface area contributed by atoms with Gasteiger partial charge in [-0.2, -0.15) is 0 Å². The lowest BCUT2D eigenvalue weighted by Crippen LogP contribution is -2.37. The fourth-order valence-corrected chi connectivity index (χ4v) is 7.35. The van der Waals surface area contributed by atoms with E-state index in [1.54, 1.807) is 12.1 Å². The van der Waals surface area contributed by atoms with Gasteiger partial charge in [-0.25, -0.2) is 0 Å². The zero-order chi connectivity index (χ0) is 22.4. The Hall–Kier alpha value is -1.26. The Labute approximate surface area is 205 Å². The number of hydrogen-bond donors (Lipinski definition) is 1. The highest BCUT2D eigenvalue weighted by Gasteiger charge is 2.66. The second-order valence-electron chi connectivity index (χ2n) is 8.25. The van der Waals surface area contributed by atoms with Crippen molar-refractivity contribution in [1.82, 2.24) is 4.90 Å². The number of nitrogens with zero attached hydrogens (tertiary/aromatic N) is 1. The van der Waals surface area contributed by atoms with Crippen LogP contribution in [-0.2, 0) is 23.9 Å². The molecule has 7 nitrogen and oxygen atoms in total. The maximum absolute atomic E-state index is 12.8. The first-order chi connectivity index (χ1) is 14.7. The lowest BCUT2D eigenvalue weighted by molar-refractivity contribution is -0.149. The summed E-state index contributed by atoms with van der Waals surface area (Å²) in [5.41, 5.74) is 1.50. The number of amides is 3. The first-order valence-electron chi connectivity index (χ1n) is 10.0. The van der Waals surface area contributed by atoms with Crippen molar-refractivity contribution < 1.29 is 23.9 Å². The van der Waals surface area contributed by atoms with Crippen LogP contribution in [0.4, 0.5) is 5.69 Å². The molecule has 2 aliphatic carbocycles. The number of fused-ring (bicyclic) bond motifs is 5. The number of halogens is 3. The molecule has 31 heavy (non-hydrogen) atoms. The fraction of sp³-hybridized carbons (Fsp3) is 0.524. The van der Waals surface area contributed by atoms with Gasteiger partial charge in [0.25, 0.3) is 5.91 Å². The number of imide groups is 1. The Morgan fingerprint density at radius 1 is 1.13 bits per heavy atom. The lowest BCUT2D eigenvalue weighted by Gasteiger charge is -2.28. The van der Waals surface area contributed by atoms with Crippen LogP contribution in [0.1, 0.15) is 18.4 Å². The third-order valence-corrected chi connectivity index (χ3v) is 10.1. The average Bonchev–Trinajstić information content (AvgIpc) is 3.32. The Kier molecular flexibility index (Phi) is 6.61. The summed E-state index contributed by atoms with van der Waals surface area (Å²) in [6.07, 6.45) is 0.730. The average molecular weight is 621 g/mol. The van der Waals surface area contributed by atoms with Crippen molar-refractivity contribution in [2.45, 2.75) is 29.4 Å². The Balaban J connectivity index is 1.26. The van der Waals surface area contributed by atoms with E-state index in [0.29, 0.717) is 5.69 Å². The monoisotopic (exact) mass is 618 g/mol. The number of benzene rings is 1. The van der Waals surface area contributed by atoms with Crippen molar-refractivity contribution in [2.24, 2.45) is 23.7 Å². The summed E-state index contributed by atoms with van der Waals surface area (Å²) in [5.74, 6) is -1.79. The summed E-state index contributed by atoms with van der Waals surface area (Å²) in [6, 6.07) is 5.42. The number of carbonyl (C=O) groups is 4. The van der Waals surface area contributed by atoms with Gasteiger partial charge in [-0.05, 0) is 48.9 Å². The van der Waals surface area contributed by atoms with Crippen LogP contribution in [0.5, 0.6) is 0 Å². The van der Waals surface area contributed by atoms with Crippen LogP contribution in [0.2, 0.25) is 0 Å². The Morgan fingerprint density at radius 2 is 1.74 bits per heavy atom. The molecular formula is C21H21Br3N2O5. The highest BCUT2D eigenvalue weighted by atomic mass is 79.9. The van der Waals surface area contributed by atoms with Gasteiger partial charge < -0.3 is 10.1 Å². The number of alkyl halides is 2. The maximum atomic E-state index is 12.8. The SMILES string of the molecule is Cc1cc(Br)ccc1NC(=O)COC(=O)CCN1C(=O)[C@@H]2[C@H]3C[C@@H]([C@H](Br)[C@H]3Br)[C@H]2C1=O. The van der Waals surface area contributed by atoms with Crippen molar-refractivity contribution in [3.63, 3.8) is 0 Å². The summed E-state index contributed by atoms with van der Waals surface area (Å²) >= 11 is 10.7. The summed E-state index contributed by atoms with van der Waals surface area (Å²) in [7, 11) is 0. The minimum absolute atomic E-state index is 0.0176. The molecule has 1 heterocycles. The van der Waals surface area contributed by atoms with E-state index in [9.17, 15) is 19.2 Å². The molecule has 3 fully saturated rings. The predicted molar refractivity (Wildman–Crippen MR) is 124 cm³/mol. The van der Waals surface area contributed by atoms with E-state index in [0.717, 1.165) is 16.5 Å². The smallest absolute Gasteiger partial charge is 0.308 e. The van der Waals surface area contributed by atoms with Crippen LogP contribution < -0.4 is 5.32 Å². The van der Waals surface area contributed by atoms with Gasteiger partial charge in [0.05, 0.1) is 18.3 Å². The standard InChI is InChI=1S/C21H21Br3N2O5/c1-9-6-10(22)2-3-13(9)25-14(27)8-31-15(28)4-5-26-20(29)16-11-7-12(17(16)21(26)30)19(24)18(11)23/h2-3,6,11-12,16-19H,4-5,7-8H2,1H3,(H,25,27)/t11-,12-,16-,17-,18+,19+/m1/s1. The third-order valence-electron chi connectivity index (χ3n) is 6.44. The molecule has 3 amide bonds. The number of esters is 1. The molecule has 166 valence electrons. The lowest BCUT2D eigenvalue weighted by atomic mass is 9.81. The molecule has 1 saturated heterocycles. The number of aryl methyl sites for hydroxylation is 1. The largest absolute Gasteiger partial charge is 0.456 e. The van der Waals surface area contributed by atoms with Gasteiger partial charge in [-0.1, -0.05) is 47.8 Å². The van der Waals surface area contributed by atoms with Crippen LogP contribution >= 0.6 is 47.8 Å². The molecule has 0 spiro atoms. The van der Waals surface area contributed by atoms with Crippen molar-refractivity contribution in [2.75, 3.05) is 18.5 Å². The highest BCUT2D eigenvalue weighted by molar-refractivity contribution is 9.12. The number of carbonyl (C=O) groups excluding carboxylic acids is 4. The zero-order valence-corrected chi connectivity index (χ0v) is 21.4. The molecule has 1 aromatic rings. The second-order valence-corrected chi connectivity index (χ2v) is 11.3. The Morgan fingerprint density at radius 3 is 2.32 bits per heavy atom. The van der Waals surface area contributed by atoms with Gasteiger partial charge in [-0.3, -0.25) is 24.1 Å². The number of hydrogen-bond acceptors (Lipinski definition) is 5. The molecule has 0 radical (unpaired) electrons. The number of likely N-dealkylation sites (tertiary alicyclic amines) is 1. The minimum Gasteiger partial charge on any atom is -0.456 e. The van der Waals surface area contributed by atoms with Crippen LogP contribution in [0.3, 0.4) is 0 Å². The third kappa shape index (κ3) is 4.23. The van der Waals surface area contributed by atoms with Crippen molar-refractivity contribution >= 4 is 77.2 Å². The van der Waals surface area contributed by atoms with Gasteiger partial charge in [-0.15, -0.1) is 0 Å². The zero-order valence-electron chi connectivity index (χ0n) is 16.6. The number of nitrogens with one attached hydrogen (secondary N) is 1. The molecule has 0 unspecified atom stereocenters. The maximum Gasteiger partial charge on any atom is 0.308 e. The molecule has 4 rings (SSSR count). The molecule has 2 saturated carbocycles. The van der Waals surface area contributed by atoms with E-state index >= 15 is 0 Å². The summed E-state index contributed by atoms with van der Waals surface area (Å²) in [4.78, 5) is 51.4. The van der Waals surface area contributed by atoms with Gasteiger partial charge in [0.1, 0.15) is 0 Å². The van der Waals surface area contributed by atoms with Crippen LogP contribution in [-0.4, -0.2) is 51.4 Å². The normalized spacial score (nSPS) is 31.2. The van der Waals surface area contributed by atoms with E-state index in [1.165, 1.54) is 4.90 Å². The quantitative estimate of drug-likeness (QED) is 0.299. The number of ether oxygens (including phenoxy) is 1. The predicted octanol–water partition coefficient (Wildman–Crippen LogP) is 3.41. The summed E-state index contributed by atoms with van der Waals surface area (Å²) in [6.45, 7) is 1.41. The van der Waals surface area contributed by atoms with Gasteiger partial charge in [0, 0.05) is 26.4 Å². The molecular weight excluding hydrogens is 600 g/mol. The van der Waals surface area contributed by atoms with E-state index < -0.39 is 18.5 Å². The highest BCUT2D eigenvalue weighted by Crippen LogP contribution is 2.60. The van der Waals surface area contributed by atoms with Gasteiger partial charge in [0.2, 0.25) is 11.8 Å². The van der Waals surface area contributed by atoms with Gasteiger partial charge in [0.15, 0.2) is 6.61 Å². The Bertz CT molecular complexity index is 923. The van der Waals surface area contributed by atoms with Crippen molar-refractivity contribution in [3.8, 4) is 0 Å². The van der Waals surface area contributed by atoms with Crippen LogP contribution in [0, 0.1) is 30.6 Å². The number of anilines is 1. The van der Waals surface area contributed by atoms with E-state index in [2.05, 4.69) is 53.1 Å². The topological polar surface area (TPSA) is 92.8 Å². The molecule has 2 bridgehead atoms. The summed E-state index contributed by atoms with van der Waals surface area (Å²) in [5, 5.41) is 2.69. The van der Waals surface area contributed by atoms with E-state index in [1.807, 2.05) is 13.0 Å². The molecule has 1 aromatic carbocycles. The first kappa shape index (κ1) is 22.9. The molecule has 6 atom stereocenters. The molecule has 0 aromatic heterocycles. The van der Waals surface area contributed by atoms with Crippen LogP contribution in [0.25, 0.3) is 0 Å². The second kappa shape index (κ2) is 8.94. The summed E-state index contributed by atoms with van der Waals surface area (Å²) < 4.78 is 5.93. The first-order valence-corrected chi connectivity index (χ1v) is 12.7. The minimum atomic E-state index is -0.625.